The number of halogens is 2. The van der Waals surface area contributed by atoms with Crippen LogP contribution in [-0.4, -0.2) is 21.0 Å². The second-order valence-corrected chi connectivity index (χ2v) is 4.82. The monoisotopic (exact) mass is 302 g/mol. The van der Waals surface area contributed by atoms with Gasteiger partial charge in [-0.05, 0) is 30.3 Å². The summed E-state index contributed by atoms with van der Waals surface area (Å²) in [5.41, 5.74) is 1.28. The minimum atomic E-state index is -1.08. The van der Waals surface area contributed by atoms with Crippen molar-refractivity contribution in [3.05, 3.63) is 59.0 Å². The third-order valence-electron chi connectivity index (χ3n) is 2.99. The topological polar surface area (TPSA) is 63.1 Å². The lowest BCUT2D eigenvalue weighted by Gasteiger charge is -2.07. The first kappa shape index (κ1) is 13.5. The van der Waals surface area contributed by atoms with Gasteiger partial charge in [0.15, 0.2) is 0 Å². The molecule has 0 aliphatic carbocycles. The second kappa shape index (κ2) is 5.10. The number of rotatable bonds is 2. The Morgan fingerprint density at radius 1 is 1.14 bits per heavy atom. The molecular weight excluding hydrogens is 295 g/mol. The molecule has 0 unspecified atom stereocenters. The van der Waals surface area contributed by atoms with Gasteiger partial charge >= 0.3 is 5.97 Å². The van der Waals surface area contributed by atoms with E-state index in [2.05, 4.69) is 9.97 Å². The zero-order valence-electron chi connectivity index (χ0n) is 10.5. The molecule has 2 aromatic heterocycles. The number of nitrogens with zero attached hydrogens (tertiary/aromatic N) is 2. The fourth-order valence-corrected chi connectivity index (χ4v) is 2.20. The molecule has 6 heteroatoms. The molecule has 0 aliphatic heterocycles. The van der Waals surface area contributed by atoms with Gasteiger partial charge in [-0.3, -0.25) is 4.98 Å². The lowest BCUT2D eigenvalue weighted by atomic mass is 10.1. The predicted molar refractivity (Wildman–Crippen MR) is 76.9 cm³/mol. The average molecular weight is 303 g/mol. The smallest absolute Gasteiger partial charge is 0.336 e. The van der Waals surface area contributed by atoms with Crippen LogP contribution in [0.4, 0.5) is 4.39 Å². The highest BCUT2D eigenvalue weighted by Gasteiger charge is 2.13. The van der Waals surface area contributed by atoms with Crippen LogP contribution in [0.15, 0.2) is 42.6 Å². The molecule has 0 saturated carbocycles. The normalized spacial score (nSPS) is 10.8. The molecule has 21 heavy (non-hydrogen) atoms. The van der Waals surface area contributed by atoms with Crippen LogP contribution >= 0.6 is 11.6 Å². The van der Waals surface area contributed by atoms with Gasteiger partial charge in [-0.1, -0.05) is 17.7 Å². The summed E-state index contributed by atoms with van der Waals surface area (Å²) in [6, 6.07) is 8.89. The molecule has 0 atom stereocenters. The van der Waals surface area contributed by atoms with Gasteiger partial charge in [0.1, 0.15) is 5.82 Å². The van der Waals surface area contributed by atoms with Crippen molar-refractivity contribution in [2.75, 3.05) is 0 Å². The summed E-state index contributed by atoms with van der Waals surface area (Å²) in [7, 11) is 0. The molecule has 2 heterocycles. The molecule has 0 aliphatic rings. The molecule has 0 saturated heterocycles. The number of carboxylic acid groups (broad SMARTS) is 1. The molecule has 1 N–H and O–H groups in total. The van der Waals surface area contributed by atoms with E-state index in [1.54, 1.807) is 18.2 Å². The first-order valence-electron chi connectivity index (χ1n) is 6.00. The maximum absolute atomic E-state index is 12.9. The molecule has 3 aromatic rings. The van der Waals surface area contributed by atoms with E-state index in [0.29, 0.717) is 27.3 Å². The number of carbonyl (C=O) groups is 1. The predicted octanol–water partition coefficient (Wildman–Crippen LogP) is 3.79. The average Bonchev–Trinajstić information content (AvgIpc) is 2.46. The van der Waals surface area contributed by atoms with E-state index in [-0.39, 0.29) is 5.56 Å². The standard InChI is InChI=1S/C15H8ClFN2O2/c16-8-1-3-10-11(15(20)21)6-14(19-13(10)5-8)12-4-2-9(17)7-18-12/h1-7H,(H,20,21). The van der Waals surface area contributed by atoms with E-state index < -0.39 is 11.8 Å². The van der Waals surface area contributed by atoms with E-state index in [9.17, 15) is 14.3 Å². The summed E-state index contributed by atoms with van der Waals surface area (Å²) in [6.07, 6.45) is 1.06. The number of pyridine rings is 2. The Bertz CT molecular complexity index is 850. The van der Waals surface area contributed by atoms with Crippen molar-refractivity contribution >= 4 is 28.5 Å². The van der Waals surface area contributed by atoms with Crippen molar-refractivity contribution in [1.29, 1.82) is 0 Å². The zero-order valence-corrected chi connectivity index (χ0v) is 11.3. The van der Waals surface area contributed by atoms with E-state index in [1.807, 2.05) is 0 Å². The zero-order chi connectivity index (χ0) is 15.0. The highest BCUT2D eigenvalue weighted by Crippen LogP contribution is 2.26. The molecule has 1 aromatic carbocycles. The Labute approximate surface area is 123 Å². The minimum Gasteiger partial charge on any atom is -0.478 e. The van der Waals surface area contributed by atoms with Crippen molar-refractivity contribution in [2.24, 2.45) is 0 Å². The number of carboxylic acids is 1. The van der Waals surface area contributed by atoms with E-state index in [1.165, 1.54) is 18.2 Å². The highest BCUT2D eigenvalue weighted by atomic mass is 35.5. The third-order valence-corrected chi connectivity index (χ3v) is 3.23. The lowest BCUT2D eigenvalue weighted by Crippen LogP contribution is -2.01. The van der Waals surface area contributed by atoms with E-state index >= 15 is 0 Å². The highest BCUT2D eigenvalue weighted by molar-refractivity contribution is 6.31. The molecule has 0 amide bonds. The molecule has 0 radical (unpaired) electrons. The minimum absolute atomic E-state index is 0.0952. The van der Waals surface area contributed by atoms with Gasteiger partial charge in [0.2, 0.25) is 0 Å². The number of aromatic nitrogens is 2. The van der Waals surface area contributed by atoms with Crippen LogP contribution in [0.25, 0.3) is 22.3 Å². The summed E-state index contributed by atoms with van der Waals surface area (Å²) < 4.78 is 12.9. The summed E-state index contributed by atoms with van der Waals surface area (Å²) in [5.74, 6) is -1.55. The van der Waals surface area contributed by atoms with Crippen molar-refractivity contribution in [3.8, 4) is 11.4 Å². The maximum atomic E-state index is 12.9. The van der Waals surface area contributed by atoms with Gasteiger partial charge in [0, 0.05) is 10.4 Å². The number of aromatic carboxylic acids is 1. The Balaban J connectivity index is 2.29. The molecule has 104 valence electrons. The third kappa shape index (κ3) is 2.55. The van der Waals surface area contributed by atoms with Crippen LogP contribution < -0.4 is 0 Å². The maximum Gasteiger partial charge on any atom is 0.336 e. The Morgan fingerprint density at radius 3 is 2.62 bits per heavy atom. The van der Waals surface area contributed by atoms with Crippen molar-refractivity contribution in [1.82, 2.24) is 9.97 Å². The van der Waals surface area contributed by atoms with Crippen molar-refractivity contribution < 1.29 is 14.3 Å². The molecule has 0 bridgehead atoms. The Morgan fingerprint density at radius 2 is 1.95 bits per heavy atom. The van der Waals surface area contributed by atoms with E-state index in [4.69, 9.17) is 11.6 Å². The molecule has 4 nitrogen and oxygen atoms in total. The molecular formula is C15H8ClFN2O2. The SMILES string of the molecule is O=C(O)c1cc(-c2ccc(F)cn2)nc2cc(Cl)ccc12. The molecule has 0 spiro atoms. The van der Waals surface area contributed by atoms with Gasteiger partial charge in [-0.25, -0.2) is 14.2 Å². The quantitative estimate of drug-likeness (QED) is 0.782. The Hall–Kier alpha value is -2.53. The molecule has 3 rings (SSSR count). The van der Waals surface area contributed by atoms with E-state index in [0.717, 1.165) is 6.20 Å². The number of hydrogen-bond donors (Lipinski definition) is 1. The fourth-order valence-electron chi connectivity index (χ4n) is 2.04. The van der Waals surface area contributed by atoms with Crippen LogP contribution in [0, 0.1) is 5.82 Å². The number of hydrogen-bond acceptors (Lipinski definition) is 3. The van der Waals surface area contributed by atoms with Gasteiger partial charge < -0.3 is 5.11 Å². The number of benzene rings is 1. The summed E-state index contributed by atoms with van der Waals surface area (Å²) in [5, 5.41) is 10.3. The van der Waals surface area contributed by atoms with Crippen molar-refractivity contribution in [3.63, 3.8) is 0 Å². The number of fused-ring (bicyclic) bond motifs is 1. The first-order chi connectivity index (χ1) is 10.0. The van der Waals surface area contributed by atoms with Crippen LogP contribution in [0.2, 0.25) is 5.02 Å². The molecule has 0 fully saturated rings. The largest absolute Gasteiger partial charge is 0.478 e. The summed E-state index contributed by atoms with van der Waals surface area (Å²) >= 11 is 5.92. The Kier molecular flexibility index (Phi) is 3.27. The van der Waals surface area contributed by atoms with Gasteiger partial charge in [0.25, 0.3) is 0 Å². The first-order valence-corrected chi connectivity index (χ1v) is 6.38. The second-order valence-electron chi connectivity index (χ2n) is 4.38. The van der Waals surface area contributed by atoms with Crippen molar-refractivity contribution in [2.45, 2.75) is 0 Å². The fraction of sp³-hybridized carbons (Fsp3) is 0. The van der Waals surface area contributed by atoms with Crippen LogP contribution in [-0.2, 0) is 0 Å². The summed E-state index contributed by atoms with van der Waals surface area (Å²) in [6.45, 7) is 0. The van der Waals surface area contributed by atoms with Gasteiger partial charge in [0.05, 0.1) is 28.7 Å². The van der Waals surface area contributed by atoms with Gasteiger partial charge in [-0.15, -0.1) is 0 Å². The van der Waals surface area contributed by atoms with Gasteiger partial charge in [-0.2, -0.15) is 0 Å². The van der Waals surface area contributed by atoms with Crippen LogP contribution in [0.3, 0.4) is 0 Å². The summed E-state index contributed by atoms with van der Waals surface area (Å²) in [4.78, 5) is 19.7. The van der Waals surface area contributed by atoms with Crippen LogP contribution in [0.1, 0.15) is 10.4 Å². The lowest BCUT2D eigenvalue weighted by molar-refractivity contribution is 0.0699. The van der Waals surface area contributed by atoms with Crippen LogP contribution in [0.5, 0.6) is 0 Å².